The van der Waals surface area contributed by atoms with Crippen LogP contribution in [0.5, 0.6) is 5.75 Å². The molecule has 0 saturated heterocycles. The summed E-state index contributed by atoms with van der Waals surface area (Å²) in [7, 11) is -2.29. The normalized spacial score (nSPS) is 13.5. The number of pyridine rings is 1. The van der Waals surface area contributed by atoms with Gasteiger partial charge in [0.15, 0.2) is 0 Å². The molecule has 0 aliphatic carbocycles. The van der Waals surface area contributed by atoms with E-state index < -0.39 is 10.0 Å². The average molecular weight is 365 g/mol. The highest BCUT2D eigenvalue weighted by Crippen LogP contribution is 2.35. The van der Waals surface area contributed by atoms with E-state index in [2.05, 4.69) is 4.98 Å². The summed E-state index contributed by atoms with van der Waals surface area (Å²) in [4.78, 5) is 4.58. The lowest BCUT2D eigenvalue weighted by Crippen LogP contribution is -2.30. The van der Waals surface area contributed by atoms with Crippen LogP contribution in [0.1, 0.15) is 11.1 Å². The zero-order valence-corrected chi connectivity index (χ0v) is 14.8. The van der Waals surface area contributed by atoms with Crippen molar-refractivity contribution in [3.8, 4) is 11.8 Å². The Labute approximate surface area is 151 Å². The van der Waals surface area contributed by atoms with E-state index in [4.69, 9.17) is 4.74 Å². The molecule has 0 spiro atoms. The largest absolute Gasteiger partial charge is 0.497 e. The molecular weight excluding hydrogens is 350 g/mol. The van der Waals surface area contributed by atoms with Gasteiger partial charge in [0.2, 0.25) is 0 Å². The Morgan fingerprint density at radius 1 is 1.19 bits per heavy atom. The molecule has 7 heteroatoms. The van der Waals surface area contributed by atoms with Crippen LogP contribution < -0.4 is 9.04 Å². The average Bonchev–Trinajstić information content (AvgIpc) is 3.09. The Kier molecular flexibility index (Phi) is 3.78. The maximum atomic E-state index is 13.1. The molecule has 0 fully saturated rings. The van der Waals surface area contributed by atoms with E-state index in [0.717, 1.165) is 10.9 Å². The second-order valence-electron chi connectivity index (χ2n) is 5.96. The number of benzene rings is 2. The molecule has 0 N–H and O–H groups in total. The Bertz CT molecular complexity index is 1170. The second kappa shape index (κ2) is 6.00. The lowest BCUT2D eigenvalue weighted by Gasteiger charge is -2.19. The Balaban J connectivity index is 1.87. The Morgan fingerprint density at radius 3 is 2.77 bits per heavy atom. The van der Waals surface area contributed by atoms with Gasteiger partial charge in [0, 0.05) is 18.0 Å². The van der Waals surface area contributed by atoms with E-state index in [9.17, 15) is 13.7 Å². The third-order valence-electron chi connectivity index (χ3n) is 4.48. The van der Waals surface area contributed by atoms with Crippen molar-refractivity contribution < 1.29 is 13.2 Å². The van der Waals surface area contributed by atoms with Crippen molar-refractivity contribution in [2.45, 2.75) is 11.3 Å². The van der Waals surface area contributed by atoms with Crippen molar-refractivity contribution in [2.75, 3.05) is 18.0 Å². The van der Waals surface area contributed by atoms with Gasteiger partial charge in [0.25, 0.3) is 10.0 Å². The van der Waals surface area contributed by atoms with Crippen LogP contribution in [0.4, 0.5) is 5.82 Å². The Morgan fingerprint density at radius 2 is 2.00 bits per heavy atom. The predicted octanol–water partition coefficient (Wildman–Crippen LogP) is 2.87. The number of sulfonamides is 1. The van der Waals surface area contributed by atoms with Gasteiger partial charge in [0.05, 0.1) is 18.2 Å². The summed E-state index contributed by atoms with van der Waals surface area (Å²) in [6, 6.07) is 15.7. The lowest BCUT2D eigenvalue weighted by molar-refractivity contribution is 0.415. The number of nitriles is 1. The highest BCUT2D eigenvalue weighted by molar-refractivity contribution is 7.93. The number of methoxy groups -OCH3 is 1. The maximum Gasteiger partial charge on any atom is 0.266 e. The zero-order chi connectivity index (χ0) is 18.3. The maximum absolute atomic E-state index is 13.1. The summed E-state index contributed by atoms with van der Waals surface area (Å²) >= 11 is 0. The molecule has 0 radical (unpaired) electrons. The van der Waals surface area contributed by atoms with Gasteiger partial charge in [-0.1, -0.05) is 12.1 Å². The van der Waals surface area contributed by atoms with Crippen molar-refractivity contribution in [1.82, 2.24) is 4.98 Å². The standard InChI is InChI=1S/C19H15N3O3S/c1-25-16-7-6-13-10-14-8-9-22(19(14)21-17(13)11-16)26(23,24)18-5-3-2-4-15(18)12-20/h2-7,10-11H,8-9H2,1H3. The summed E-state index contributed by atoms with van der Waals surface area (Å²) in [5, 5.41) is 10.2. The molecule has 26 heavy (non-hydrogen) atoms. The van der Waals surface area contributed by atoms with Gasteiger partial charge < -0.3 is 4.74 Å². The van der Waals surface area contributed by atoms with E-state index in [1.807, 2.05) is 24.3 Å². The third-order valence-corrected chi connectivity index (χ3v) is 6.32. The first-order chi connectivity index (χ1) is 12.5. The van der Waals surface area contributed by atoms with Crippen LogP contribution in [-0.4, -0.2) is 27.1 Å². The predicted molar refractivity (Wildman–Crippen MR) is 97.7 cm³/mol. The number of nitrogens with zero attached hydrogens (tertiary/aromatic N) is 3. The highest BCUT2D eigenvalue weighted by atomic mass is 32.2. The molecule has 1 aromatic heterocycles. The minimum Gasteiger partial charge on any atom is -0.497 e. The molecule has 2 heterocycles. The summed E-state index contributed by atoms with van der Waals surface area (Å²) in [6.45, 7) is 0.303. The van der Waals surface area contributed by atoms with Crippen LogP contribution >= 0.6 is 0 Å². The first-order valence-electron chi connectivity index (χ1n) is 8.04. The van der Waals surface area contributed by atoms with Crippen LogP contribution in [0.15, 0.2) is 53.4 Å². The third kappa shape index (κ3) is 2.47. The van der Waals surface area contributed by atoms with Crippen molar-refractivity contribution >= 4 is 26.7 Å². The first-order valence-corrected chi connectivity index (χ1v) is 9.48. The van der Waals surface area contributed by atoms with Gasteiger partial charge in [-0.25, -0.2) is 17.7 Å². The summed E-state index contributed by atoms with van der Waals surface area (Å²) in [6.07, 6.45) is 0.582. The van der Waals surface area contributed by atoms with Crippen LogP contribution in [-0.2, 0) is 16.4 Å². The quantitative estimate of drug-likeness (QED) is 0.713. The molecule has 0 atom stereocenters. The van der Waals surface area contributed by atoms with Gasteiger partial charge in [0.1, 0.15) is 22.5 Å². The van der Waals surface area contributed by atoms with Crippen molar-refractivity contribution in [2.24, 2.45) is 0 Å². The molecule has 2 aromatic carbocycles. The molecule has 4 rings (SSSR count). The first kappa shape index (κ1) is 16.4. The van der Waals surface area contributed by atoms with Crippen LogP contribution in [0, 0.1) is 11.3 Å². The lowest BCUT2D eigenvalue weighted by atomic mass is 10.1. The second-order valence-corrected chi connectivity index (χ2v) is 7.80. The van der Waals surface area contributed by atoms with Gasteiger partial charge in [-0.05, 0) is 42.3 Å². The number of hydrogen-bond acceptors (Lipinski definition) is 5. The number of hydrogen-bond donors (Lipinski definition) is 0. The summed E-state index contributed by atoms with van der Waals surface area (Å²) in [5.74, 6) is 1.07. The molecule has 3 aromatic rings. The number of rotatable bonds is 3. The van der Waals surface area contributed by atoms with Crippen LogP contribution in [0.25, 0.3) is 10.9 Å². The molecule has 6 nitrogen and oxygen atoms in total. The van der Waals surface area contributed by atoms with E-state index >= 15 is 0 Å². The van der Waals surface area contributed by atoms with E-state index in [1.54, 1.807) is 25.3 Å². The van der Waals surface area contributed by atoms with E-state index in [1.165, 1.54) is 16.4 Å². The van der Waals surface area contributed by atoms with Crippen molar-refractivity contribution in [3.05, 3.63) is 59.7 Å². The molecule has 0 amide bonds. The molecule has 1 aliphatic heterocycles. The zero-order valence-electron chi connectivity index (χ0n) is 14.0. The highest BCUT2D eigenvalue weighted by Gasteiger charge is 2.33. The number of ether oxygens (including phenoxy) is 1. The minimum atomic E-state index is -3.86. The fourth-order valence-electron chi connectivity index (χ4n) is 3.17. The van der Waals surface area contributed by atoms with Gasteiger partial charge in [-0.2, -0.15) is 5.26 Å². The van der Waals surface area contributed by atoms with Gasteiger partial charge in [-0.15, -0.1) is 0 Å². The molecule has 130 valence electrons. The smallest absolute Gasteiger partial charge is 0.266 e. The van der Waals surface area contributed by atoms with E-state index in [0.29, 0.717) is 30.0 Å². The molecule has 1 aliphatic rings. The summed E-state index contributed by atoms with van der Waals surface area (Å²) in [5.41, 5.74) is 1.67. The monoisotopic (exact) mass is 365 g/mol. The Hall–Kier alpha value is -3.11. The number of aromatic nitrogens is 1. The number of anilines is 1. The fraction of sp³-hybridized carbons (Fsp3) is 0.158. The fourth-order valence-corrected chi connectivity index (χ4v) is 4.77. The van der Waals surface area contributed by atoms with Crippen LogP contribution in [0.2, 0.25) is 0 Å². The molecular formula is C19H15N3O3S. The van der Waals surface area contributed by atoms with Crippen molar-refractivity contribution in [1.29, 1.82) is 5.26 Å². The summed E-state index contributed by atoms with van der Waals surface area (Å²) < 4.78 is 32.8. The molecule has 0 unspecified atom stereocenters. The van der Waals surface area contributed by atoms with Gasteiger partial charge in [-0.3, -0.25) is 0 Å². The van der Waals surface area contributed by atoms with Crippen molar-refractivity contribution in [3.63, 3.8) is 0 Å². The van der Waals surface area contributed by atoms with Crippen LogP contribution in [0.3, 0.4) is 0 Å². The number of fused-ring (bicyclic) bond motifs is 2. The van der Waals surface area contributed by atoms with Gasteiger partial charge >= 0.3 is 0 Å². The molecule has 0 saturated carbocycles. The minimum absolute atomic E-state index is 0.00268. The SMILES string of the molecule is COc1ccc2cc3c(nc2c1)N(S(=O)(=O)c1ccccc1C#N)CC3. The topological polar surface area (TPSA) is 83.3 Å². The van der Waals surface area contributed by atoms with E-state index in [-0.39, 0.29) is 10.5 Å². The molecule has 0 bridgehead atoms.